The van der Waals surface area contributed by atoms with Crippen LogP contribution in [0.2, 0.25) is 0 Å². The van der Waals surface area contributed by atoms with Crippen LogP contribution in [0.15, 0.2) is 0 Å². The molecule has 0 nitrogen and oxygen atoms in total. The van der Waals surface area contributed by atoms with Gasteiger partial charge in [0.25, 0.3) is 0 Å². The van der Waals surface area contributed by atoms with Crippen molar-refractivity contribution in [2.24, 2.45) is 0 Å². The lowest BCUT2D eigenvalue weighted by Crippen LogP contribution is -1.66. The Kier molecular flexibility index (Phi) is 15.9. The lowest BCUT2D eigenvalue weighted by atomic mass is 10.6. The molecule has 7 heavy (non-hydrogen) atoms. The Balaban J connectivity index is 0. The average molecular weight is 180 g/mol. The summed E-state index contributed by atoms with van der Waals surface area (Å²) in [5.41, 5.74) is 0. The number of rotatable bonds is 0. The van der Waals surface area contributed by atoms with Crippen molar-refractivity contribution < 1.29 is 0 Å². The molecule has 0 rings (SSSR count). The van der Waals surface area contributed by atoms with Gasteiger partial charge >= 0.3 is 6.73 Å². The normalized spacial score (nSPS) is 7.71. The van der Waals surface area contributed by atoms with Crippen LogP contribution in [0, 0.1) is 0 Å². The standard InChI is InChI=1S/C3H8.Cl3HSi/c1-3-2;1-4(2)3/h3H2,1-2H3;4H. The molecule has 0 fully saturated rings. The fourth-order valence-corrected chi connectivity index (χ4v) is 0. The van der Waals surface area contributed by atoms with E-state index in [0.29, 0.717) is 0 Å². The average Bonchev–Trinajstić information content (AvgIpc) is 1.33. The van der Waals surface area contributed by atoms with Gasteiger partial charge in [-0.1, -0.05) is 20.3 Å². The maximum absolute atomic E-state index is 4.94. The molecule has 0 saturated carbocycles. The van der Waals surface area contributed by atoms with Crippen LogP contribution in [-0.4, -0.2) is 6.73 Å². The van der Waals surface area contributed by atoms with Crippen LogP contribution in [0.4, 0.5) is 0 Å². The summed E-state index contributed by atoms with van der Waals surface area (Å²) in [4.78, 5) is 0. The molecule has 0 bridgehead atoms. The van der Waals surface area contributed by atoms with Gasteiger partial charge in [0.05, 0.1) is 0 Å². The summed E-state index contributed by atoms with van der Waals surface area (Å²) in [7, 11) is 0. The Bertz CT molecular complexity index is 21.4. The SMILES string of the molecule is CCC.Cl[SiH](Cl)Cl. The van der Waals surface area contributed by atoms with Crippen LogP contribution < -0.4 is 0 Å². The second-order valence-electron chi connectivity index (χ2n) is 0.955. The van der Waals surface area contributed by atoms with Crippen LogP contribution in [-0.2, 0) is 0 Å². The summed E-state index contributed by atoms with van der Waals surface area (Å²) in [6, 6.07) is 0. The largest absolute Gasteiger partial charge is 0.326 e. The van der Waals surface area contributed by atoms with E-state index in [1.807, 2.05) is 0 Å². The molecule has 0 aliphatic rings. The Hall–Kier alpha value is 1.09. The third-order valence-electron chi connectivity index (χ3n) is 0. The molecule has 0 amide bonds. The molecule has 0 atom stereocenters. The zero-order valence-corrected chi connectivity index (χ0v) is 7.84. The predicted octanol–water partition coefficient (Wildman–Crippen LogP) is 2.84. The topological polar surface area (TPSA) is 0 Å². The van der Waals surface area contributed by atoms with Gasteiger partial charge in [-0.25, -0.2) is 0 Å². The summed E-state index contributed by atoms with van der Waals surface area (Å²) >= 11 is 14.8. The molecule has 0 N–H and O–H groups in total. The second kappa shape index (κ2) is 10.1. The molecule has 46 valence electrons. The molecule has 0 aliphatic carbocycles. The van der Waals surface area contributed by atoms with E-state index in [4.69, 9.17) is 33.2 Å². The van der Waals surface area contributed by atoms with Crippen LogP contribution in [0.1, 0.15) is 20.3 Å². The Morgan fingerprint density at radius 1 is 1.14 bits per heavy atom. The third-order valence-corrected chi connectivity index (χ3v) is 0. The highest BCUT2D eigenvalue weighted by molar-refractivity contribution is 7.54. The van der Waals surface area contributed by atoms with Crippen molar-refractivity contribution in [3.8, 4) is 0 Å². The van der Waals surface area contributed by atoms with Crippen molar-refractivity contribution in [2.45, 2.75) is 20.3 Å². The van der Waals surface area contributed by atoms with Crippen molar-refractivity contribution >= 4 is 40.0 Å². The molecule has 0 saturated heterocycles. The minimum atomic E-state index is -1.72. The van der Waals surface area contributed by atoms with E-state index < -0.39 is 6.73 Å². The lowest BCUT2D eigenvalue weighted by molar-refractivity contribution is 1.09. The summed E-state index contributed by atoms with van der Waals surface area (Å²) in [6.45, 7) is 2.53. The van der Waals surface area contributed by atoms with Crippen LogP contribution in [0.3, 0.4) is 0 Å². The zero-order chi connectivity index (χ0) is 6.28. The molecule has 0 radical (unpaired) electrons. The molecule has 0 heterocycles. The number of hydrogen-bond donors (Lipinski definition) is 0. The quantitative estimate of drug-likeness (QED) is 0.396. The first-order valence-corrected chi connectivity index (χ1v) is 7.31. The van der Waals surface area contributed by atoms with Gasteiger partial charge in [-0.3, -0.25) is 0 Å². The van der Waals surface area contributed by atoms with Gasteiger partial charge in [0.2, 0.25) is 0 Å². The zero-order valence-electron chi connectivity index (χ0n) is 4.42. The molecule has 0 aromatic rings. The molecule has 0 spiro atoms. The van der Waals surface area contributed by atoms with Gasteiger partial charge in [-0.15, -0.1) is 33.2 Å². The van der Waals surface area contributed by atoms with Crippen molar-refractivity contribution in [2.75, 3.05) is 0 Å². The van der Waals surface area contributed by atoms with Gasteiger partial charge in [0, 0.05) is 0 Å². The Morgan fingerprint density at radius 2 is 1.14 bits per heavy atom. The van der Waals surface area contributed by atoms with E-state index in [2.05, 4.69) is 13.8 Å². The maximum Gasteiger partial charge on any atom is 0.326 e. The van der Waals surface area contributed by atoms with Crippen LogP contribution in [0.5, 0.6) is 0 Å². The molecular weight excluding hydrogens is 170 g/mol. The first kappa shape index (κ1) is 11.0. The molecule has 0 unspecified atom stereocenters. The maximum atomic E-state index is 4.94. The van der Waals surface area contributed by atoms with E-state index in [1.54, 1.807) is 0 Å². The van der Waals surface area contributed by atoms with Crippen molar-refractivity contribution in [1.29, 1.82) is 0 Å². The Labute approximate surface area is 60.5 Å². The minimum Gasteiger partial charge on any atom is -0.130 e. The van der Waals surface area contributed by atoms with Gasteiger partial charge in [-0.2, -0.15) is 0 Å². The van der Waals surface area contributed by atoms with Gasteiger partial charge < -0.3 is 0 Å². The van der Waals surface area contributed by atoms with E-state index in [1.165, 1.54) is 6.42 Å². The third kappa shape index (κ3) is 155. The summed E-state index contributed by atoms with van der Waals surface area (Å²) in [6.07, 6.45) is 1.25. The fraction of sp³-hybridized carbons (Fsp3) is 1.00. The second-order valence-corrected chi connectivity index (χ2v) is 7.39. The van der Waals surface area contributed by atoms with E-state index in [-0.39, 0.29) is 0 Å². The molecule has 0 aromatic carbocycles. The highest BCUT2D eigenvalue weighted by atomic mass is 35.8. The van der Waals surface area contributed by atoms with Gasteiger partial charge in [0.1, 0.15) is 0 Å². The first-order chi connectivity index (χ1) is 3.15. The van der Waals surface area contributed by atoms with E-state index in [9.17, 15) is 0 Å². The monoisotopic (exact) mass is 178 g/mol. The molecule has 0 aromatic heterocycles. The Morgan fingerprint density at radius 3 is 1.14 bits per heavy atom. The van der Waals surface area contributed by atoms with Crippen LogP contribution >= 0.6 is 33.2 Å². The smallest absolute Gasteiger partial charge is 0.130 e. The van der Waals surface area contributed by atoms with Crippen molar-refractivity contribution in [1.82, 2.24) is 0 Å². The van der Waals surface area contributed by atoms with Crippen molar-refractivity contribution in [3.05, 3.63) is 0 Å². The highest BCUT2D eigenvalue weighted by Crippen LogP contribution is 1.97. The summed E-state index contributed by atoms with van der Waals surface area (Å²) < 4.78 is 0. The summed E-state index contributed by atoms with van der Waals surface area (Å²) in [5.74, 6) is 0. The fourth-order valence-electron chi connectivity index (χ4n) is 0. The van der Waals surface area contributed by atoms with E-state index >= 15 is 0 Å². The summed E-state index contributed by atoms with van der Waals surface area (Å²) in [5, 5.41) is 0. The van der Waals surface area contributed by atoms with E-state index in [0.717, 1.165) is 0 Å². The minimum absolute atomic E-state index is 1.25. The molecule has 0 aliphatic heterocycles. The number of hydrogen-bond acceptors (Lipinski definition) is 0. The number of halogens is 3. The molecule has 4 heteroatoms. The predicted molar refractivity (Wildman–Crippen MR) is 40.7 cm³/mol. The van der Waals surface area contributed by atoms with Gasteiger partial charge in [-0.05, 0) is 0 Å². The lowest BCUT2D eigenvalue weighted by Gasteiger charge is -1.65. The highest BCUT2D eigenvalue weighted by Gasteiger charge is 1.85. The van der Waals surface area contributed by atoms with Gasteiger partial charge in [0.15, 0.2) is 0 Å². The first-order valence-electron chi connectivity index (χ1n) is 2.07. The van der Waals surface area contributed by atoms with Crippen LogP contribution in [0.25, 0.3) is 0 Å². The molecular formula is C3H9Cl3Si. The van der Waals surface area contributed by atoms with Crippen molar-refractivity contribution in [3.63, 3.8) is 0 Å².